The number of ether oxygens (including phenoxy) is 2. The van der Waals surface area contributed by atoms with Gasteiger partial charge in [0.2, 0.25) is 0 Å². The van der Waals surface area contributed by atoms with E-state index in [0.717, 1.165) is 22.5 Å². The van der Waals surface area contributed by atoms with Crippen molar-refractivity contribution < 1.29 is 9.47 Å². The van der Waals surface area contributed by atoms with E-state index in [0.29, 0.717) is 24.4 Å². The second-order valence-electron chi connectivity index (χ2n) is 5.86. The van der Waals surface area contributed by atoms with Crippen molar-refractivity contribution in [3.05, 3.63) is 45.8 Å². The van der Waals surface area contributed by atoms with Crippen molar-refractivity contribution in [1.82, 2.24) is 10.6 Å². The van der Waals surface area contributed by atoms with Crippen LogP contribution in [0.5, 0.6) is 0 Å². The summed E-state index contributed by atoms with van der Waals surface area (Å²) in [7, 11) is 6.28. The van der Waals surface area contributed by atoms with Gasteiger partial charge in [-0.15, -0.1) is 0 Å². The Kier molecular flexibility index (Phi) is 7.67. The van der Waals surface area contributed by atoms with Crippen molar-refractivity contribution >= 4 is 21.6 Å². The SMILES string of the molecule is COCC1=C(C#N)[C@@H](SS[C@@H]2NC(C)=CC(COC)=C2C#N)NC(C)=C1. The smallest absolute Gasteiger partial charge is 0.118 e. The Bertz CT molecular complexity index is 692. The summed E-state index contributed by atoms with van der Waals surface area (Å²) in [6, 6.07) is 4.58. The first kappa shape index (κ1) is 20.5. The summed E-state index contributed by atoms with van der Waals surface area (Å²) in [5.41, 5.74) is 5.03. The zero-order valence-corrected chi connectivity index (χ0v) is 16.9. The summed E-state index contributed by atoms with van der Waals surface area (Å²) in [5.74, 6) is 0. The predicted molar refractivity (Wildman–Crippen MR) is 106 cm³/mol. The first-order valence-corrected chi connectivity index (χ1v) is 10.3. The third-order valence-electron chi connectivity index (χ3n) is 3.80. The van der Waals surface area contributed by atoms with E-state index >= 15 is 0 Å². The zero-order chi connectivity index (χ0) is 19.1. The van der Waals surface area contributed by atoms with E-state index < -0.39 is 0 Å². The molecule has 0 unspecified atom stereocenters. The quantitative estimate of drug-likeness (QED) is 0.641. The molecule has 138 valence electrons. The lowest BCUT2D eigenvalue weighted by Gasteiger charge is -2.29. The Morgan fingerprint density at radius 1 is 0.885 bits per heavy atom. The number of nitrogens with one attached hydrogen (secondary N) is 2. The van der Waals surface area contributed by atoms with Crippen LogP contribution in [0.3, 0.4) is 0 Å². The van der Waals surface area contributed by atoms with Crippen molar-refractivity contribution in [3.8, 4) is 12.1 Å². The molecule has 2 atom stereocenters. The van der Waals surface area contributed by atoms with Gasteiger partial charge in [-0.05, 0) is 37.1 Å². The van der Waals surface area contributed by atoms with E-state index in [1.807, 2.05) is 26.0 Å². The molecule has 0 amide bonds. The first-order chi connectivity index (χ1) is 12.5. The van der Waals surface area contributed by atoms with E-state index in [1.165, 1.54) is 21.6 Å². The summed E-state index contributed by atoms with van der Waals surface area (Å²) in [6.07, 6.45) is 3.87. The van der Waals surface area contributed by atoms with Gasteiger partial charge in [0.1, 0.15) is 10.7 Å². The number of nitrogens with zero attached hydrogens (tertiary/aromatic N) is 2. The van der Waals surface area contributed by atoms with Crippen LogP contribution in [0, 0.1) is 22.7 Å². The van der Waals surface area contributed by atoms with Crippen molar-refractivity contribution in [2.75, 3.05) is 27.4 Å². The van der Waals surface area contributed by atoms with Gasteiger partial charge in [0, 0.05) is 25.6 Å². The maximum absolute atomic E-state index is 9.58. The molecule has 2 rings (SSSR count). The molecule has 6 nitrogen and oxygen atoms in total. The van der Waals surface area contributed by atoms with Crippen molar-refractivity contribution in [1.29, 1.82) is 10.5 Å². The largest absolute Gasteiger partial charge is 0.380 e. The summed E-state index contributed by atoms with van der Waals surface area (Å²) in [6.45, 7) is 4.72. The highest BCUT2D eigenvalue weighted by atomic mass is 33.1. The summed E-state index contributed by atoms with van der Waals surface area (Å²) < 4.78 is 10.4. The molecule has 2 aliphatic rings. The molecule has 0 aromatic heterocycles. The predicted octanol–water partition coefficient (Wildman–Crippen LogP) is 2.97. The van der Waals surface area contributed by atoms with Crippen LogP contribution < -0.4 is 10.6 Å². The van der Waals surface area contributed by atoms with E-state index in [4.69, 9.17) is 9.47 Å². The molecule has 2 heterocycles. The number of dihydropyridines is 2. The highest BCUT2D eigenvalue weighted by Crippen LogP contribution is 2.39. The molecular weight excluding hydrogens is 368 g/mol. The maximum Gasteiger partial charge on any atom is 0.118 e. The number of rotatable bonds is 7. The van der Waals surface area contributed by atoms with Crippen LogP contribution in [0.15, 0.2) is 45.8 Å². The minimum atomic E-state index is -0.195. The van der Waals surface area contributed by atoms with Crippen molar-refractivity contribution in [3.63, 3.8) is 0 Å². The van der Waals surface area contributed by atoms with Gasteiger partial charge < -0.3 is 20.1 Å². The minimum Gasteiger partial charge on any atom is -0.380 e. The first-order valence-electron chi connectivity index (χ1n) is 8.00. The molecule has 26 heavy (non-hydrogen) atoms. The van der Waals surface area contributed by atoms with Crippen molar-refractivity contribution in [2.45, 2.75) is 24.6 Å². The van der Waals surface area contributed by atoms with Gasteiger partial charge in [0.15, 0.2) is 0 Å². The van der Waals surface area contributed by atoms with E-state index in [9.17, 15) is 10.5 Å². The maximum atomic E-state index is 9.58. The molecule has 0 aromatic rings. The van der Waals surface area contributed by atoms with Gasteiger partial charge >= 0.3 is 0 Å². The second kappa shape index (κ2) is 9.75. The lowest BCUT2D eigenvalue weighted by Crippen LogP contribution is -2.33. The summed E-state index contributed by atoms with van der Waals surface area (Å²) >= 11 is 0. The second-order valence-corrected chi connectivity index (χ2v) is 8.35. The molecule has 0 radical (unpaired) electrons. The normalized spacial score (nSPS) is 22.7. The highest BCUT2D eigenvalue weighted by Gasteiger charge is 2.28. The van der Waals surface area contributed by atoms with E-state index in [2.05, 4.69) is 22.8 Å². The molecule has 2 N–H and O–H groups in total. The molecule has 8 heteroatoms. The molecule has 2 aliphatic heterocycles. The zero-order valence-electron chi connectivity index (χ0n) is 15.3. The fourth-order valence-electron chi connectivity index (χ4n) is 2.72. The lowest BCUT2D eigenvalue weighted by atomic mass is 10.1. The van der Waals surface area contributed by atoms with Crippen LogP contribution in [0.25, 0.3) is 0 Å². The molecule has 0 saturated carbocycles. The van der Waals surface area contributed by atoms with Gasteiger partial charge in [0.05, 0.1) is 36.5 Å². The average molecular weight is 391 g/mol. The topological polar surface area (TPSA) is 90.1 Å². The molecule has 0 aliphatic carbocycles. The average Bonchev–Trinajstić information content (AvgIpc) is 2.60. The van der Waals surface area contributed by atoms with Crippen LogP contribution >= 0.6 is 21.6 Å². The number of allylic oxidation sites excluding steroid dienone is 2. The van der Waals surface area contributed by atoms with E-state index in [1.54, 1.807) is 14.2 Å². The summed E-state index contributed by atoms with van der Waals surface area (Å²) in [4.78, 5) is 0. The van der Waals surface area contributed by atoms with Crippen LogP contribution in [0.2, 0.25) is 0 Å². The van der Waals surface area contributed by atoms with Gasteiger partial charge in [-0.3, -0.25) is 0 Å². The van der Waals surface area contributed by atoms with Crippen LogP contribution in [-0.4, -0.2) is 38.2 Å². The fraction of sp³-hybridized carbons (Fsp3) is 0.444. The lowest BCUT2D eigenvalue weighted by molar-refractivity contribution is 0.227. The Balaban J connectivity index is 2.17. The van der Waals surface area contributed by atoms with Gasteiger partial charge in [-0.25, -0.2) is 0 Å². The van der Waals surface area contributed by atoms with Crippen LogP contribution in [-0.2, 0) is 9.47 Å². The molecule has 0 bridgehead atoms. The third-order valence-corrected chi connectivity index (χ3v) is 6.50. The van der Waals surface area contributed by atoms with Crippen molar-refractivity contribution in [2.24, 2.45) is 0 Å². The molecule has 0 fully saturated rings. The number of methoxy groups -OCH3 is 2. The molecule has 0 aromatic carbocycles. The van der Waals surface area contributed by atoms with Crippen LogP contribution in [0.4, 0.5) is 0 Å². The number of hydrogen-bond donors (Lipinski definition) is 2. The number of nitriles is 2. The standard InChI is InChI=1S/C18H22N4O2S2/c1-11-5-13(9-23-3)15(7-19)17(21-11)25-26-18-16(8-20)14(10-24-4)6-12(2)22-18/h5-6,17-18,21-22H,9-10H2,1-4H3/t17-,18+. The monoisotopic (exact) mass is 390 g/mol. The highest BCUT2D eigenvalue weighted by molar-refractivity contribution is 8.77. The Morgan fingerprint density at radius 3 is 1.58 bits per heavy atom. The Morgan fingerprint density at radius 2 is 1.27 bits per heavy atom. The Labute approximate surface area is 162 Å². The molecular formula is C18H22N4O2S2. The molecule has 0 saturated heterocycles. The van der Waals surface area contributed by atoms with Gasteiger partial charge in [0.25, 0.3) is 0 Å². The minimum absolute atomic E-state index is 0.195. The fourth-order valence-corrected chi connectivity index (χ4v) is 5.55. The summed E-state index contributed by atoms with van der Waals surface area (Å²) in [5, 5.41) is 25.4. The van der Waals surface area contributed by atoms with E-state index in [-0.39, 0.29) is 10.7 Å². The molecule has 0 spiro atoms. The van der Waals surface area contributed by atoms with Crippen LogP contribution in [0.1, 0.15) is 13.8 Å². The van der Waals surface area contributed by atoms with Gasteiger partial charge in [-0.1, -0.05) is 21.6 Å². The van der Waals surface area contributed by atoms with Gasteiger partial charge in [-0.2, -0.15) is 10.5 Å². The Hall–Kier alpha value is -1.84. The third kappa shape index (κ3) is 4.87. The number of hydrogen-bond acceptors (Lipinski definition) is 8.